The maximum Gasteiger partial charge on any atom is 0.417 e. The number of nitrogens with one attached hydrogen (secondary N) is 1. The first kappa shape index (κ1) is 16.6. The fourth-order valence-electron chi connectivity index (χ4n) is 2.83. The fraction of sp³-hybridized carbons (Fsp3) is 0.600. The van der Waals surface area contributed by atoms with Gasteiger partial charge in [0, 0.05) is 32.2 Å². The van der Waals surface area contributed by atoms with E-state index in [0.29, 0.717) is 5.56 Å². The van der Waals surface area contributed by atoms with Crippen LogP contribution in [0.3, 0.4) is 0 Å². The summed E-state index contributed by atoms with van der Waals surface area (Å²) >= 11 is 6.08. The quantitative estimate of drug-likeness (QED) is 0.898. The highest BCUT2D eigenvalue weighted by molar-refractivity contribution is 6.32. The highest BCUT2D eigenvalue weighted by Gasteiger charge is 2.35. The van der Waals surface area contributed by atoms with Gasteiger partial charge in [-0.2, -0.15) is 13.2 Å². The average molecular weight is 321 g/mol. The molecule has 0 aromatic heterocycles. The van der Waals surface area contributed by atoms with Gasteiger partial charge >= 0.3 is 6.18 Å². The third kappa shape index (κ3) is 3.90. The summed E-state index contributed by atoms with van der Waals surface area (Å²) < 4.78 is 39.0. The lowest BCUT2D eigenvalue weighted by molar-refractivity contribution is -0.137. The molecule has 6 heteroatoms. The Morgan fingerprint density at radius 1 is 1.29 bits per heavy atom. The number of benzene rings is 1. The van der Waals surface area contributed by atoms with Crippen molar-refractivity contribution in [1.82, 2.24) is 10.2 Å². The summed E-state index contributed by atoms with van der Waals surface area (Å²) in [5.74, 6) is 0. The summed E-state index contributed by atoms with van der Waals surface area (Å²) in [7, 11) is 0. The summed E-state index contributed by atoms with van der Waals surface area (Å²) in [5, 5.41) is 3.11. The molecule has 1 aliphatic heterocycles. The minimum Gasteiger partial charge on any atom is -0.314 e. The van der Waals surface area contributed by atoms with Crippen LogP contribution < -0.4 is 5.32 Å². The van der Waals surface area contributed by atoms with Gasteiger partial charge in [0.05, 0.1) is 10.6 Å². The van der Waals surface area contributed by atoms with E-state index in [1.165, 1.54) is 6.07 Å². The summed E-state index contributed by atoms with van der Waals surface area (Å²) in [6.07, 6.45) is -2.70. The molecule has 0 radical (unpaired) electrons. The molecule has 0 amide bonds. The van der Waals surface area contributed by atoms with Crippen molar-refractivity contribution >= 4 is 11.6 Å². The first-order valence-electron chi connectivity index (χ1n) is 7.25. The smallest absolute Gasteiger partial charge is 0.314 e. The minimum atomic E-state index is -4.41. The number of alkyl halides is 3. The zero-order valence-electron chi connectivity index (χ0n) is 12.0. The number of nitrogens with zero attached hydrogens (tertiary/aromatic N) is 1. The average Bonchev–Trinajstić information content (AvgIpc) is 2.45. The molecule has 2 nitrogen and oxygen atoms in total. The van der Waals surface area contributed by atoms with Crippen LogP contribution in [0.15, 0.2) is 18.2 Å². The van der Waals surface area contributed by atoms with Crippen molar-refractivity contribution in [2.24, 2.45) is 0 Å². The van der Waals surface area contributed by atoms with E-state index in [1.54, 1.807) is 6.07 Å². The Hall–Kier alpha value is -0.780. The molecule has 1 aromatic carbocycles. The number of hydrogen-bond acceptors (Lipinski definition) is 2. The molecule has 0 spiro atoms. The normalized spacial score (nSPS) is 18.7. The Balaban J connectivity index is 2.36. The van der Waals surface area contributed by atoms with Crippen LogP contribution in [-0.4, -0.2) is 31.1 Å². The van der Waals surface area contributed by atoms with Crippen LogP contribution >= 0.6 is 11.6 Å². The van der Waals surface area contributed by atoms with Gasteiger partial charge in [0.1, 0.15) is 0 Å². The number of rotatable bonds is 4. The van der Waals surface area contributed by atoms with Crippen molar-refractivity contribution in [3.8, 4) is 0 Å². The Kier molecular flexibility index (Phi) is 5.52. The van der Waals surface area contributed by atoms with Gasteiger partial charge in [-0.3, -0.25) is 4.90 Å². The third-order valence-corrected chi connectivity index (χ3v) is 4.27. The summed E-state index contributed by atoms with van der Waals surface area (Å²) in [6, 6.07) is 4.17. The van der Waals surface area contributed by atoms with E-state index in [2.05, 4.69) is 10.2 Å². The summed E-state index contributed by atoms with van der Waals surface area (Å²) in [5.41, 5.74) is -0.145. The molecule has 0 bridgehead atoms. The number of hydrogen-bond donors (Lipinski definition) is 1. The molecule has 1 fully saturated rings. The largest absolute Gasteiger partial charge is 0.417 e. The van der Waals surface area contributed by atoms with Crippen LogP contribution in [0.25, 0.3) is 0 Å². The Morgan fingerprint density at radius 2 is 1.95 bits per heavy atom. The van der Waals surface area contributed by atoms with Crippen molar-refractivity contribution in [3.63, 3.8) is 0 Å². The van der Waals surface area contributed by atoms with E-state index in [9.17, 15) is 13.2 Å². The second-order valence-corrected chi connectivity index (χ2v) is 5.67. The fourth-order valence-corrected chi connectivity index (χ4v) is 3.19. The molecule has 118 valence electrons. The molecular weight excluding hydrogens is 301 g/mol. The second-order valence-electron chi connectivity index (χ2n) is 5.30. The highest BCUT2D eigenvalue weighted by Crippen LogP contribution is 2.40. The van der Waals surface area contributed by atoms with Crippen LogP contribution in [0.1, 0.15) is 36.9 Å². The molecular formula is C15H20ClF3N2. The van der Waals surface area contributed by atoms with E-state index in [-0.39, 0.29) is 11.1 Å². The molecule has 21 heavy (non-hydrogen) atoms. The van der Waals surface area contributed by atoms with Crippen LogP contribution in [0.4, 0.5) is 13.2 Å². The molecule has 0 saturated carbocycles. The molecule has 0 unspecified atom stereocenters. The summed E-state index contributed by atoms with van der Waals surface area (Å²) in [6.45, 7) is 5.42. The number of piperazine rings is 1. The molecule has 2 rings (SSSR count). The van der Waals surface area contributed by atoms with Gasteiger partial charge in [-0.1, -0.05) is 37.1 Å². The van der Waals surface area contributed by atoms with Gasteiger partial charge < -0.3 is 5.32 Å². The van der Waals surface area contributed by atoms with Crippen molar-refractivity contribution in [2.75, 3.05) is 26.2 Å². The zero-order valence-corrected chi connectivity index (χ0v) is 12.8. The Bertz CT molecular complexity index is 470. The lowest BCUT2D eigenvalue weighted by Crippen LogP contribution is -2.45. The van der Waals surface area contributed by atoms with Crippen LogP contribution in [0, 0.1) is 0 Å². The first-order chi connectivity index (χ1) is 9.95. The van der Waals surface area contributed by atoms with Crippen LogP contribution in [0.2, 0.25) is 5.02 Å². The Morgan fingerprint density at radius 3 is 2.52 bits per heavy atom. The van der Waals surface area contributed by atoms with E-state index in [0.717, 1.165) is 45.1 Å². The van der Waals surface area contributed by atoms with Crippen molar-refractivity contribution in [1.29, 1.82) is 0 Å². The predicted octanol–water partition coefficient (Wildman–Crippen LogP) is 4.11. The SMILES string of the molecule is CCC[C@@H](c1cccc(C(F)(F)F)c1Cl)N1CCNCC1. The lowest BCUT2D eigenvalue weighted by atomic mass is 9.97. The van der Waals surface area contributed by atoms with Gasteiger partial charge in [0.15, 0.2) is 0 Å². The Labute approximate surface area is 128 Å². The number of halogens is 4. The van der Waals surface area contributed by atoms with Crippen LogP contribution in [-0.2, 0) is 6.18 Å². The molecule has 1 N–H and O–H groups in total. The molecule has 1 aromatic rings. The highest BCUT2D eigenvalue weighted by atomic mass is 35.5. The molecule has 1 atom stereocenters. The zero-order chi connectivity index (χ0) is 15.5. The maximum absolute atomic E-state index is 13.0. The molecule has 1 aliphatic rings. The second kappa shape index (κ2) is 6.99. The molecule has 1 heterocycles. The van der Waals surface area contributed by atoms with Crippen molar-refractivity contribution in [2.45, 2.75) is 32.0 Å². The predicted molar refractivity (Wildman–Crippen MR) is 78.5 cm³/mol. The van der Waals surface area contributed by atoms with E-state index >= 15 is 0 Å². The monoisotopic (exact) mass is 320 g/mol. The first-order valence-corrected chi connectivity index (χ1v) is 7.63. The third-order valence-electron chi connectivity index (χ3n) is 3.85. The maximum atomic E-state index is 13.0. The van der Waals surface area contributed by atoms with Gasteiger partial charge in [-0.05, 0) is 18.1 Å². The summed E-state index contributed by atoms with van der Waals surface area (Å²) in [4.78, 5) is 2.22. The van der Waals surface area contributed by atoms with E-state index < -0.39 is 11.7 Å². The molecule has 1 saturated heterocycles. The van der Waals surface area contributed by atoms with Crippen molar-refractivity contribution in [3.05, 3.63) is 34.3 Å². The van der Waals surface area contributed by atoms with E-state index in [1.807, 2.05) is 6.92 Å². The lowest BCUT2D eigenvalue weighted by Gasteiger charge is -2.36. The standard InChI is InChI=1S/C15H20ClF3N2/c1-2-4-13(21-9-7-20-8-10-21)11-5-3-6-12(14(11)16)15(17,18)19/h3,5-6,13,20H,2,4,7-10H2,1H3/t13-/m0/s1. The van der Waals surface area contributed by atoms with Gasteiger partial charge in [-0.15, -0.1) is 0 Å². The van der Waals surface area contributed by atoms with Crippen LogP contribution in [0.5, 0.6) is 0 Å². The van der Waals surface area contributed by atoms with Gasteiger partial charge in [0.25, 0.3) is 0 Å². The van der Waals surface area contributed by atoms with Gasteiger partial charge in [0.2, 0.25) is 0 Å². The van der Waals surface area contributed by atoms with E-state index in [4.69, 9.17) is 11.6 Å². The molecule has 0 aliphatic carbocycles. The minimum absolute atomic E-state index is 0.0492. The van der Waals surface area contributed by atoms with Gasteiger partial charge in [-0.25, -0.2) is 0 Å². The topological polar surface area (TPSA) is 15.3 Å². The van der Waals surface area contributed by atoms with Crippen molar-refractivity contribution < 1.29 is 13.2 Å².